The van der Waals surface area contributed by atoms with Crippen molar-refractivity contribution in [3.63, 3.8) is 0 Å². The van der Waals surface area contributed by atoms with Crippen LogP contribution >= 0.6 is 15.9 Å². The fourth-order valence-electron chi connectivity index (χ4n) is 1.04. The van der Waals surface area contributed by atoms with Gasteiger partial charge >= 0.3 is 0 Å². The summed E-state index contributed by atoms with van der Waals surface area (Å²) in [6.45, 7) is 0. The number of nitriles is 2. The van der Waals surface area contributed by atoms with E-state index in [1.165, 1.54) is 6.20 Å². The lowest BCUT2D eigenvalue weighted by Crippen LogP contribution is -2.00. The second-order valence-corrected chi connectivity index (χ2v) is 3.40. The van der Waals surface area contributed by atoms with Gasteiger partial charge in [-0.15, -0.1) is 0 Å². The largest absolute Gasteiger partial charge is 0.267 e. The van der Waals surface area contributed by atoms with Gasteiger partial charge in [0.05, 0.1) is 18.1 Å². The predicted molar refractivity (Wildman–Crippen MR) is 50.9 cm³/mol. The average molecular weight is 272 g/mol. The van der Waals surface area contributed by atoms with Crippen molar-refractivity contribution < 1.29 is 8.78 Å². The molecule has 0 spiro atoms. The fraction of sp³-hybridized carbons (Fsp3) is 0.222. The fourth-order valence-corrected chi connectivity index (χ4v) is 1.65. The highest BCUT2D eigenvalue weighted by Crippen LogP contribution is 2.31. The summed E-state index contributed by atoms with van der Waals surface area (Å²) < 4.78 is 25.3. The van der Waals surface area contributed by atoms with Crippen molar-refractivity contribution in [3.05, 3.63) is 27.5 Å². The second-order valence-electron chi connectivity index (χ2n) is 2.61. The number of halogens is 3. The van der Waals surface area contributed by atoms with Gasteiger partial charge in [-0.25, -0.2) is 13.8 Å². The average Bonchev–Trinajstić information content (AvgIpc) is 2.20. The first-order valence-electron chi connectivity index (χ1n) is 3.84. The Bertz CT molecular complexity index is 460. The first kappa shape index (κ1) is 11.5. The normalized spacial score (nSPS) is 9.73. The van der Waals surface area contributed by atoms with E-state index >= 15 is 0 Å². The first-order chi connectivity index (χ1) is 7.11. The molecule has 0 unspecified atom stereocenters. The van der Waals surface area contributed by atoms with Crippen LogP contribution in [-0.4, -0.2) is 4.98 Å². The molecule has 0 aliphatic heterocycles. The maximum atomic E-state index is 12.6. The predicted octanol–water partition coefficient (Wildman–Crippen LogP) is 2.72. The van der Waals surface area contributed by atoms with E-state index in [-0.39, 0.29) is 16.6 Å². The molecule has 6 heteroatoms. The number of hydrogen-bond donors (Lipinski definition) is 0. The molecule has 0 radical (unpaired) electrons. The Morgan fingerprint density at radius 1 is 1.47 bits per heavy atom. The molecular weight excluding hydrogens is 268 g/mol. The van der Waals surface area contributed by atoms with Gasteiger partial charge in [0.1, 0.15) is 11.8 Å². The van der Waals surface area contributed by atoms with E-state index in [9.17, 15) is 8.78 Å². The summed E-state index contributed by atoms with van der Waals surface area (Å²) in [6, 6.07) is 3.41. The molecule has 3 nitrogen and oxygen atoms in total. The molecule has 0 atom stereocenters. The molecule has 1 aromatic rings. The van der Waals surface area contributed by atoms with Crippen molar-refractivity contribution in [3.8, 4) is 12.1 Å². The Morgan fingerprint density at radius 3 is 2.60 bits per heavy atom. The van der Waals surface area contributed by atoms with Crippen molar-refractivity contribution in [2.75, 3.05) is 0 Å². The Balaban J connectivity index is 3.39. The Kier molecular flexibility index (Phi) is 3.70. The number of pyridine rings is 1. The van der Waals surface area contributed by atoms with E-state index < -0.39 is 12.0 Å². The molecule has 0 N–H and O–H groups in total. The smallest absolute Gasteiger partial charge is 0.245 e. The van der Waals surface area contributed by atoms with E-state index in [0.717, 1.165) is 0 Å². The molecule has 0 aliphatic carbocycles. The van der Waals surface area contributed by atoms with Crippen LogP contribution in [0.2, 0.25) is 0 Å². The van der Waals surface area contributed by atoms with Gasteiger partial charge in [0.15, 0.2) is 0 Å². The monoisotopic (exact) mass is 271 g/mol. The number of hydrogen-bond acceptors (Lipinski definition) is 3. The lowest BCUT2D eigenvalue weighted by molar-refractivity contribution is 0.149. The highest BCUT2D eigenvalue weighted by molar-refractivity contribution is 9.10. The summed E-state index contributed by atoms with van der Waals surface area (Å²) in [6.07, 6.45) is -1.57. The summed E-state index contributed by atoms with van der Waals surface area (Å²) in [4.78, 5) is 3.58. The maximum Gasteiger partial charge on any atom is 0.267 e. The highest BCUT2D eigenvalue weighted by atomic mass is 79.9. The zero-order valence-corrected chi connectivity index (χ0v) is 8.92. The maximum absolute atomic E-state index is 12.6. The van der Waals surface area contributed by atoms with Crippen LogP contribution in [0.1, 0.15) is 23.2 Å². The number of aromatic nitrogens is 1. The van der Waals surface area contributed by atoms with Crippen molar-refractivity contribution >= 4 is 15.9 Å². The molecule has 15 heavy (non-hydrogen) atoms. The number of rotatable bonds is 2. The van der Waals surface area contributed by atoms with E-state index in [4.69, 9.17) is 10.5 Å². The van der Waals surface area contributed by atoms with Crippen LogP contribution in [0, 0.1) is 22.7 Å². The zero-order chi connectivity index (χ0) is 11.4. The van der Waals surface area contributed by atoms with Crippen molar-refractivity contribution in [1.82, 2.24) is 4.98 Å². The van der Waals surface area contributed by atoms with Gasteiger partial charge in [-0.2, -0.15) is 10.5 Å². The molecule has 1 aromatic heterocycles. The molecule has 1 heterocycles. The molecule has 0 fully saturated rings. The van der Waals surface area contributed by atoms with Crippen molar-refractivity contribution in [2.24, 2.45) is 0 Å². The van der Waals surface area contributed by atoms with E-state index in [1.54, 1.807) is 6.07 Å². The Hall–Kier alpha value is -1.53. The van der Waals surface area contributed by atoms with Crippen LogP contribution in [-0.2, 0) is 6.42 Å². The van der Waals surface area contributed by atoms with E-state index in [1.807, 2.05) is 6.07 Å². The SMILES string of the molecule is N#CCc1cnc(C#N)c(C(F)F)c1Br. The van der Waals surface area contributed by atoms with Gasteiger partial charge in [-0.05, 0) is 21.5 Å². The van der Waals surface area contributed by atoms with Gasteiger partial charge in [0.2, 0.25) is 0 Å². The van der Waals surface area contributed by atoms with E-state index in [0.29, 0.717) is 5.56 Å². The first-order valence-corrected chi connectivity index (χ1v) is 4.63. The van der Waals surface area contributed by atoms with Gasteiger partial charge in [0.25, 0.3) is 6.43 Å². The molecule has 0 bridgehead atoms. The van der Waals surface area contributed by atoms with Gasteiger partial charge in [-0.1, -0.05) is 0 Å². The van der Waals surface area contributed by atoms with Crippen LogP contribution in [0.25, 0.3) is 0 Å². The Morgan fingerprint density at radius 2 is 2.13 bits per heavy atom. The van der Waals surface area contributed by atoms with Gasteiger partial charge in [0, 0.05) is 10.7 Å². The zero-order valence-electron chi connectivity index (χ0n) is 7.34. The molecule has 0 amide bonds. The quantitative estimate of drug-likeness (QED) is 0.831. The lowest BCUT2D eigenvalue weighted by atomic mass is 10.1. The van der Waals surface area contributed by atoms with Crippen LogP contribution in [0.4, 0.5) is 8.78 Å². The van der Waals surface area contributed by atoms with Crippen LogP contribution < -0.4 is 0 Å². The van der Waals surface area contributed by atoms with Crippen molar-refractivity contribution in [1.29, 1.82) is 10.5 Å². The summed E-state index contributed by atoms with van der Waals surface area (Å²) in [7, 11) is 0. The summed E-state index contributed by atoms with van der Waals surface area (Å²) in [5, 5.41) is 17.0. The lowest BCUT2D eigenvalue weighted by Gasteiger charge is -2.07. The molecule has 76 valence electrons. The molecular formula is C9H4BrF2N3. The second kappa shape index (κ2) is 4.81. The van der Waals surface area contributed by atoms with Gasteiger partial charge < -0.3 is 0 Å². The summed E-state index contributed by atoms with van der Waals surface area (Å²) in [5.41, 5.74) is -0.421. The van der Waals surface area contributed by atoms with E-state index in [2.05, 4.69) is 20.9 Å². The molecule has 1 rings (SSSR count). The van der Waals surface area contributed by atoms with Crippen LogP contribution in [0.3, 0.4) is 0 Å². The Labute approximate surface area is 93.1 Å². The third-order valence-electron chi connectivity index (χ3n) is 1.72. The standard InChI is InChI=1S/C9H4BrF2N3/c10-8-5(1-2-13)4-15-6(3-14)7(8)9(11)12/h4,9H,1H2. The van der Waals surface area contributed by atoms with Crippen LogP contribution in [0.15, 0.2) is 10.7 Å². The molecule has 0 saturated carbocycles. The molecule has 0 aromatic carbocycles. The van der Waals surface area contributed by atoms with Crippen molar-refractivity contribution in [2.45, 2.75) is 12.8 Å². The number of nitrogens with zero attached hydrogens (tertiary/aromatic N) is 3. The molecule has 0 saturated heterocycles. The summed E-state index contributed by atoms with van der Waals surface area (Å²) in [5.74, 6) is 0. The minimum atomic E-state index is -2.79. The molecule has 0 aliphatic rings. The third kappa shape index (κ3) is 2.28. The third-order valence-corrected chi connectivity index (χ3v) is 2.65. The number of alkyl halides is 2. The minimum Gasteiger partial charge on any atom is -0.245 e. The topological polar surface area (TPSA) is 60.5 Å². The van der Waals surface area contributed by atoms with Gasteiger partial charge in [-0.3, -0.25) is 0 Å². The minimum absolute atomic E-state index is 0.0288. The summed E-state index contributed by atoms with van der Waals surface area (Å²) >= 11 is 2.95. The van der Waals surface area contributed by atoms with Crippen LogP contribution in [0.5, 0.6) is 0 Å². The highest BCUT2D eigenvalue weighted by Gasteiger charge is 2.20.